The third-order valence-electron chi connectivity index (χ3n) is 2.49. The second-order valence-corrected chi connectivity index (χ2v) is 4.48. The van der Waals surface area contributed by atoms with Crippen LogP contribution in [-0.2, 0) is 9.59 Å². The van der Waals surface area contributed by atoms with E-state index in [1.807, 2.05) is 0 Å². The van der Waals surface area contributed by atoms with Crippen LogP contribution in [0.4, 0.5) is 5.69 Å². The molecule has 0 aliphatic rings. The predicted octanol–water partition coefficient (Wildman–Crippen LogP) is 1.74. The predicted molar refractivity (Wildman–Crippen MR) is 76.4 cm³/mol. The van der Waals surface area contributed by atoms with Crippen LogP contribution in [0.2, 0.25) is 5.02 Å². The maximum absolute atomic E-state index is 11.6. The molecule has 0 aliphatic carbocycles. The smallest absolute Gasteiger partial charge is 0.303 e. The average Bonchev–Trinajstić information content (AvgIpc) is 2.41. The number of methoxy groups -OCH3 is 1. The highest BCUT2D eigenvalue weighted by molar-refractivity contribution is 6.30. The van der Waals surface area contributed by atoms with Gasteiger partial charge in [-0.3, -0.25) is 9.59 Å². The lowest BCUT2D eigenvalue weighted by atomic mass is 10.3. The molecule has 0 fully saturated rings. The van der Waals surface area contributed by atoms with E-state index < -0.39 is 5.97 Å². The van der Waals surface area contributed by atoms with E-state index in [2.05, 4.69) is 10.6 Å². The number of nitrogens with one attached hydrogen (secondary N) is 2. The molecule has 0 aliphatic heterocycles. The fourth-order valence-corrected chi connectivity index (χ4v) is 1.70. The third kappa shape index (κ3) is 5.79. The van der Waals surface area contributed by atoms with Gasteiger partial charge in [-0.15, -0.1) is 0 Å². The molecule has 0 heterocycles. The Morgan fingerprint density at radius 1 is 1.40 bits per heavy atom. The number of halogens is 1. The molecule has 0 unspecified atom stereocenters. The second-order valence-electron chi connectivity index (χ2n) is 4.05. The van der Waals surface area contributed by atoms with Crippen LogP contribution in [0.3, 0.4) is 0 Å². The van der Waals surface area contributed by atoms with E-state index in [-0.39, 0.29) is 18.9 Å². The van der Waals surface area contributed by atoms with Crippen molar-refractivity contribution >= 4 is 29.2 Å². The quantitative estimate of drug-likeness (QED) is 0.637. The van der Waals surface area contributed by atoms with Crippen molar-refractivity contribution in [3.63, 3.8) is 0 Å². The number of hydrogen-bond acceptors (Lipinski definition) is 4. The fourth-order valence-electron chi connectivity index (χ4n) is 1.52. The van der Waals surface area contributed by atoms with Gasteiger partial charge in [0.1, 0.15) is 5.75 Å². The van der Waals surface area contributed by atoms with Crippen molar-refractivity contribution in [3.05, 3.63) is 23.2 Å². The Bertz CT molecular complexity index is 479. The highest BCUT2D eigenvalue weighted by Crippen LogP contribution is 2.27. The summed E-state index contributed by atoms with van der Waals surface area (Å²) in [5.74, 6) is -0.508. The van der Waals surface area contributed by atoms with E-state index in [1.165, 1.54) is 7.11 Å². The first-order valence-electron chi connectivity index (χ1n) is 6.09. The van der Waals surface area contributed by atoms with Crippen molar-refractivity contribution < 1.29 is 19.4 Å². The van der Waals surface area contributed by atoms with Crippen LogP contribution >= 0.6 is 11.6 Å². The number of hydrogen-bond donors (Lipinski definition) is 3. The van der Waals surface area contributed by atoms with E-state index in [0.717, 1.165) is 0 Å². The van der Waals surface area contributed by atoms with Gasteiger partial charge in [-0.05, 0) is 24.6 Å². The van der Waals surface area contributed by atoms with E-state index in [1.54, 1.807) is 18.2 Å². The number of amides is 1. The molecule has 0 spiro atoms. The summed E-state index contributed by atoms with van der Waals surface area (Å²) in [7, 11) is 1.53. The third-order valence-corrected chi connectivity index (χ3v) is 2.73. The molecule has 6 nitrogen and oxygen atoms in total. The van der Waals surface area contributed by atoms with Gasteiger partial charge in [-0.1, -0.05) is 11.6 Å². The summed E-state index contributed by atoms with van der Waals surface area (Å²) in [5.41, 5.74) is 0.626. The van der Waals surface area contributed by atoms with Gasteiger partial charge in [-0.25, -0.2) is 0 Å². The number of carboxylic acid groups (broad SMARTS) is 1. The molecule has 1 amide bonds. The van der Waals surface area contributed by atoms with Crippen LogP contribution in [-0.4, -0.2) is 37.2 Å². The molecule has 7 heteroatoms. The maximum atomic E-state index is 11.6. The minimum Gasteiger partial charge on any atom is -0.495 e. The van der Waals surface area contributed by atoms with Gasteiger partial charge < -0.3 is 20.5 Å². The summed E-state index contributed by atoms with van der Waals surface area (Å²) >= 11 is 5.87. The Morgan fingerprint density at radius 3 is 2.80 bits per heavy atom. The molecule has 0 aromatic heterocycles. The van der Waals surface area contributed by atoms with Gasteiger partial charge in [0.25, 0.3) is 0 Å². The van der Waals surface area contributed by atoms with Gasteiger partial charge in [-0.2, -0.15) is 0 Å². The SMILES string of the molecule is COc1ccc(Cl)cc1NCC(=O)NCCCC(=O)O. The number of rotatable bonds is 8. The molecule has 1 aromatic carbocycles. The number of carboxylic acids is 1. The first-order chi connectivity index (χ1) is 9.52. The summed E-state index contributed by atoms with van der Waals surface area (Å²) in [6.07, 6.45) is 0.442. The highest BCUT2D eigenvalue weighted by Gasteiger charge is 2.06. The molecule has 110 valence electrons. The Labute approximate surface area is 122 Å². The number of ether oxygens (including phenoxy) is 1. The Hall–Kier alpha value is -1.95. The standard InChI is InChI=1S/C13H17ClN2O4/c1-20-11-5-4-9(14)7-10(11)16-8-12(17)15-6-2-3-13(18)19/h4-5,7,16H,2-3,6,8H2,1H3,(H,15,17)(H,18,19). The highest BCUT2D eigenvalue weighted by atomic mass is 35.5. The van der Waals surface area contributed by atoms with Crippen molar-refractivity contribution in [1.29, 1.82) is 0 Å². The van der Waals surface area contributed by atoms with Gasteiger partial charge in [0.05, 0.1) is 19.3 Å². The molecule has 0 radical (unpaired) electrons. The lowest BCUT2D eigenvalue weighted by Crippen LogP contribution is -2.30. The molecule has 3 N–H and O–H groups in total. The lowest BCUT2D eigenvalue weighted by molar-refractivity contribution is -0.137. The number of carbonyl (C=O) groups is 2. The lowest BCUT2D eigenvalue weighted by Gasteiger charge is -2.11. The minimum absolute atomic E-state index is 0.0375. The van der Waals surface area contributed by atoms with E-state index in [4.69, 9.17) is 21.4 Å². The van der Waals surface area contributed by atoms with Gasteiger partial charge in [0, 0.05) is 18.0 Å². The topological polar surface area (TPSA) is 87.7 Å². The van der Waals surface area contributed by atoms with E-state index in [9.17, 15) is 9.59 Å². The molecule has 20 heavy (non-hydrogen) atoms. The van der Waals surface area contributed by atoms with Crippen molar-refractivity contribution in [2.24, 2.45) is 0 Å². The second kappa shape index (κ2) is 8.27. The molecule has 0 saturated heterocycles. The zero-order valence-electron chi connectivity index (χ0n) is 11.1. The molecule has 0 bridgehead atoms. The summed E-state index contributed by atoms with van der Waals surface area (Å²) < 4.78 is 5.14. The van der Waals surface area contributed by atoms with Crippen molar-refractivity contribution in [3.8, 4) is 5.75 Å². The van der Waals surface area contributed by atoms with Gasteiger partial charge in [0.15, 0.2) is 0 Å². The summed E-state index contributed by atoms with van der Waals surface area (Å²) in [4.78, 5) is 21.9. The molecule has 1 rings (SSSR count). The van der Waals surface area contributed by atoms with Gasteiger partial charge >= 0.3 is 5.97 Å². The van der Waals surface area contributed by atoms with Crippen LogP contribution in [0.1, 0.15) is 12.8 Å². The molecular formula is C13H17ClN2O4. The normalized spacial score (nSPS) is 9.90. The summed E-state index contributed by atoms with van der Waals surface area (Å²) in [6.45, 7) is 0.392. The van der Waals surface area contributed by atoms with Crippen molar-refractivity contribution in [1.82, 2.24) is 5.32 Å². The van der Waals surface area contributed by atoms with Crippen LogP contribution in [0.25, 0.3) is 0 Å². The monoisotopic (exact) mass is 300 g/mol. The van der Waals surface area contributed by atoms with Gasteiger partial charge in [0.2, 0.25) is 5.91 Å². The number of aliphatic carboxylic acids is 1. The van der Waals surface area contributed by atoms with Crippen molar-refractivity contribution in [2.45, 2.75) is 12.8 Å². The first kappa shape index (κ1) is 16.1. The first-order valence-corrected chi connectivity index (χ1v) is 6.46. The molecule has 1 aromatic rings. The minimum atomic E-state index is -0.874. The molecule has 0 atom stereocenters. The molecule has 0 saturated carbocycles. The summed E-state index contributed by atoms with van der Waals surface area (Å²) in [6, 6.07) is 5.06. The summed E-state index contributed by atoms with van der Waals surface area (Å²) in [5, 5.41) is 14.5. The van der Waals surface area contributed by atoms with Crippen LogP contribution in [0, 0.1) is 0 Å². The van der Waals surface area contributed by atoms with E-state index >= 15 is 0 Å². The Morgan fingerprint density at radius 2 is 2.15 bits per heavy atom. The van der Waals surface area contributed by atoms with E-state index in [0.29, 0.717) is 29.4 Å². The zero-order valence-corrected chi connectivity index (χ0v) is 11.9. The fraction of sp³-hybridized carbons (Fsp3) is 0.385. The number of anilines is 1. The van der Waals surface area contributed by atoms with Crippen LogP contribution in [0.15, 0.2) is 18.2 Å². The average molecular weight is 301 g/mol. The molecular weight excluding hydrogens is 284 g/mol. The maximum Gasteiger partial charge on any atom is 0.303 e. The Kier molecular flexibility index (Phi) is 6.66. The van der Waals surface area contributed by atoms with Crippen LogP contribution in [0.5, 0.6) is 5.75 Å². The zero-order chi connectivity index (χ0) is 15.0. The largest absolute Gasteiger partial charge is 0.495 e. The van der Waals surface area contributed by atoms with Crippen LogP contribution < -0.4 is 15.4 Å². The number of benzene rings is 1. The Balaban J connectivity index is 2.37. The van der Waals surface area contributed by atoms with Crippen molar-refractivity contribution in [2.75, 3.05) is 25.5 Å². The number of carbonyl (C=O) groups excluding carboxylic acids is 1.